The molecule has 0 fully saturated rings. The third kappa shape index (κ3) is 5.37. The number of urea groups is 1. The molecule has 0 aromatic rings. The number of nitrogens with two attached hydrogens (primary N) is 1. The topological polar surface area (TPSA) is 119 Å². The zero-order valence-electron chi connectivity index (χ0n) is 13.0. The van der Waals surface area contributed by atoms with Crippen molar-refractivity contribution in [2.45, 2.75) is 33.1 Å². The standard InChI is InChI=1S/C12H18F3N3O5S/c1-7(2)5-9-8(6-10(16)19)17-11(20)18(24(9,21)22)3-4-23-12(13,14)15/h7H,3-6H2,1-2H3,(H2,16,19)(H,17,20). The summed E-state index contributed by atoms with van der Waals surface area (Å²) < 4.78 is 64.8. The number of rotatable bonds is 7. The van der Waals surface area contributed by atoms with Crippen LogP contribution in [0.5, 0.6) is 0 Å². The van der Waals surface area contributed by atoms with Crippen molar-refractivity contribution >= 4 is 22.0 Å². The van der Waals surface area contributed by atoms with Crippen LogP contribution in [0.4, 0.5) is 18.0 Å². The minimum Gasteiger partial charge on any atom is -0.369 e. The molecule has 0 aromatic carbocycles. The first-order chi connectivity index (χ1) is 10.8. The molecule has 1 heterocycles. The van der Waals surface area contributed by atoms with E-state index in [1.807, 2.05) is 0 Å². The quantitative estimate of drug-likeness (QED) is 0.690. The molecule has 0 saturated carbocycles. The van der Waals surface area contributed by atoms with Crippen molar-refractivity contribution < 1.29 is 35.9 Å². The van der Waals surface area contributed by atoms with Gasteiger partial charge in [0.15, 0.2) is 0 Å². The third-order valence-corrected chi connectivity index (χ3v) is 4.89. The number of halogens is 3. The lowest BCUT2D eigenvalue weighted by atomic mass is 10.1. The molecule has 24 heavy (non-hydrogen) atoms. The van der Waals surface area contributed by atoms with Gasteiger partial charge in [0, 0.05) is 5.70 Å². The highest BCUT2D eigenvalue weighted by atomic mass is 32.2. The van der Waals surface area contributed by atoms with Crippen molar-refractivity contribution in [3.8, 4) is 0 Å². The van der Waals surface area contributed by atoms with E-state index in [0.29, 0.717) is 0 Å². The third-order valence-electron chi connectivity index (χ3n) is 2.93. The molecule has 138 valence electrons. The molecule has 3 amide bonds. The molecule has 3 N–H and O–H groups in total. The summed E-state index contributed by atoms with van der Waals surface area (Å²) >= 11 is 0. The predicted molar refractivity (Wildman–Crippen MR) is 76.5 cm³/mol. The first-order valence-electron chi connectivity index (χ1n) is 6.89. The van der Waals surface area contributed by atoms with Crippen LogP contribution in [0.25, 0.3) is 0 Å². The van der Waals surface area contributed by atoms with Crippen molar-refractivity contribution in [2.75, 3.05) is 13.2 Å². The number of nitrogens with one attached hydrogen (secondary N) is 1. The Labute approximate surface area is 136 Å². The van der Waals surface area contributed by atoms with Crippen molar-refractivity contribution in [3.63, 3.8) is 0 Å². The number of amides is 3. The Hall–Kier alpha value is -1.82. The smallest absolute Gasteiger partial charge is 0.369 e. The highest BCUT2D eigenvalue weighted by Gasteiger charge is 2.39. The van der Waals surface area contributed by atoms with Crippen molar-refractivity contribution in [1.29, 1.82) is 0 Å². The van der Waals surface area contributed by atoms with Gasteiger partial charge in [-0.3, -0.25) is 9.53 Å². The fraction of sp³-hybridized carbons (Fsp3) is 0.667. The van der Waals surface area contributed by atoms with E-state index in [1.165, 1.54) is 0 Å². The summed E-state index contributed by atoms with van der Waals surface area (Å²) in [6.07, 6.45) is -5.45. The fourth-order valence-corrected chi connectivity index (χ4v) is 3.86. The number of sulfonamides is 1. The molecule has 0 aliphatic carbocycles. The minimum absolute atomic E-state index is 0.0120. The molecule has 0 bridgehead atoms. The van der Waals surface area contributed by atoms with Crippen LogP contribution in [0, 0.1) is 5.92 Å². The van der Waals surface area contributed by atoms with Crippen LogP contribution in [-0.4, -0.2) is 44.2 Å². The maximum atomic E-state index is 12.5. The number of ether oxygens (including phenoxy) is 1. The van der Waals surface area contributed by atoms with Crippen molar-refractivity contribution in [2.24, 2.45) is 11.7 Å². The van der Waals surface area contributed by atoms with Crippen molar-refractivity contribution in [1.82, 2.24) is 9.62 Å². The van der Waals surface area contributed by atoms with E-state index < -0.39 is 47.9 Å². The SMILES string of the molecule is CC(C)CC1=C(CC(N)=O)NC(=O)N(CCOC(F)(F)F)S1(=O)=O. The maximum Gasteiger partial charge on any atom is 0.522 e. The number of allylic oxidation sites excluding steroid dienone is 1. The lowest BCUT2D eigenvalue weighted by molar-refractivity contribution is -0.324. The molecule has 0 unspecified atom stereocenters. The number of primary amides is 1. The van der Waals surface area contributed by atoms with E-state index in [-0.39, 0.29) is 27.2 Å². The number of nitrogens with zero attached hydrogens (tertiary/aromatic N) is 1. The van der Waals surface area contributed by atoms with E-state index in [2.05, 4.69) is 10.1 Å². The van der Waals surface area contributed by atoms with Gasteiger partial charge in [0.1, 0.15) is 0 Å². The summed E-state index contributed by atoms with van der Waals surface area (Å²) in [4.78, 5) is 22.7. The molecule has 1 aliphatic heterocycles. The van der Waals surface area contributed by atoms with Gasteiger partial charge in [0.05, 0.1) is 24.5 Å². The van der Waals surface area contributed by atoms with Gasteiger partial charge in [-0.05, 0) is 12.3 Å². The van der Waals surface area contributed by atoms with Gasteiger partial charge in [-0.1, -0.05) is 13.8 Å². The fourth-order valence-electron chi connectivity index (χ4n) is 2.04. The van der Waals surface area contributed by atoms with Gasteiger partial charge in [-0.2, -0.15) is 0 Å². The lowest BCUT2D eigenvalue weighted by Gasteiger charge is -2.31. The number of carbonyl (C=O) groups is 2. The van der Waals surface area contributed by atoms with Gasteiger partial charge in [0.2, 0.25) is 5.91 Å². The number of hydrogen-bond donors (Lipinski definition) is 2. The Balaban J connectivity index is 3.12. The van der Waals surface area contributed by atoms with E-state index in [0.717, 1.165) is 0 Å². The number of hydrogen-bond acceptors (Lipinski definition) is 5. The second-order valence-corrected chi connectivity index (χ2v) is 7.33. The Morgan fingerprint density at radius 3 is 2.42 bits per heavy atom. The highest BCUT2D eigenvalue weighted by Crippen LogP contribution is 2.29. The summed E-state index contributed by atoms with van der Waals surface area (Å²) in [6.45, 7) is 1.55. The second-order valence-electron chi connectivity index (χ2n) is 5.44. The lowest BCUT2D eigenvalue weighted by Crippen LogP contribution is -2.50. The van der Waals surface area contributed by atoms with Crippen LogP contribution in [0.2, 0.25) is 0 Å². The first kappa shape index (κ1) is 20.2. The average molecular weight is 373 g/mol. The van der Waals surface area contributed by atoms with Crippen LogP contribution < -0.4 is 11.1 Å². The van der Waals surface area contributed by atoms with Gasteiger partial charge < -0.3 is 11.1 Å². The molecular weight excluding hydrogens is 355 g/mol. The molecule has 0 spiro atoms. The van der Waals surface area contributed by atoms with Gasteiger partial charge >= 0.3 is 12.4 Å². The molecule has 12 heteroatoms. The summed E-state index contributed by atoms with van der Waals surface area (Å²) in [5.41, 5.74) is 4.88. The van der Waals surface area contributed by atoms with E-state index in [9.17, 15) is 31.2 Å². The monoisotopic (exact) mass is 373 g/mol. The van der Waals surface area contributed by atoms with Crippen LogP contribution in [0.15, 0.2) is 10.6 Å². The van der Waals surface area contributed by atoms with Gasteiger partial charge in [-0.15, -0.1) is 13.2 Å². The van der Waals surface area contributed by atoms with Crippen LogP contribution in [-0.2, 0) is 19.6 Å². The zero-order chi connectivity index (χ0) is 18.7. The summed E-state index contributed by atoms with van der Waals surface area (Å²) in [6, 6.07) is -1.16. The van der Waals surface area contributed by atoms with Gasteiger partial charge in [-0.25, -0.2) is 17.5 Å². The Morgan fingerprint density at radius 2 is 1.96 bits per heavy atom. The average Bonchev–Trinajstić information content (AvgIpc) is 2.36. The molecule has 0 saturated heterocycles. The molecule has 0 radical (unpaired) electrons. The Kier molecular flexibility index (Phi) is 6.22. The summed E-state index contributed by atoms with van der Waals surface area (Å²) in [5.74, 6) is -1.00. The van der Waals surface area contributed by atoms with E-state index >= 15 is 0 Å². The minimum atomic E-state index is -4.94. The van der Waals surface area contributed by atoms with E-state index in [1.54, 1.807) is 13.8 Å². The number of carbonyl (C=O) groups excluding carboxylic acids is 2. The molecule has 8 nitrogen and oxygen atoms in total. The Morgan fingerprint density at radius 1 is 1.38 bits per heavy atom. The van der Waals surface area contributed by atoms with Crippen LogP contribution in [0.3, 0.4) is 0 Å². The first-order valence-corrected chi connectivity index (χ1v) is 8.33. The maximum absolute atomic E-state index is 12.5. The van der Waals surface area contributed by atoms with Gasteiger partial charge in [0.25, 0.3) is 10.0 Å². The molecule has 0 aromatic heterocycles. The molecular formula is C12H18F3N3O5S. The molecule has 1 rings (SSSR count). The largest absolute Gasteiger partial charge is 0.522 e. The molecule has 0 atom stereocenters. The van der Waals surface area contributed by atoms with Crippen LogP contribution >= 0.6 is 0 Å². The second kappa shape index (κ2) is 7.38. The molecule has 1 aliphatic rings. The normalized spacial score (nSPS) is 18.1. The van der Waals surface area contributed by atoms with Crippen molar-refractivity contribution in [3.05, 3.63) is 10.6 Å². The zero-order valence-corrected chi connectivity index (χ0v) is 13.8. The highest BCUT2D eigenvalue weighted by molar-refractivity contribution is 7.93. The summed E-state index contributed by atoms with van der Waals surface area (Å²) in [7, 11) is -4.38. The Bertz CT molecular complexity index is 643. The predicted octanol–water partition coefficient (Wildman–Crippen LogP) is 1.01. The van der Waals surface area contributed by atoms with E-state index in [4.69, 9.17) is 5.73 Å². The summed E-state index contributed by atoms with van der Waals surface area (Å²) in [5, 5.41) is 2.21. The number of alkyl halides is 3. The van der Waals surface area contributed by atoms with Crippen LogP contribution in [0.1, 0.15) is 26.7 Å².